The summed E-state index contributed by atoms with van der Waals surface area (Å²) in [5.41, 5.74) is 0.716. The predicted molar refractivity (Wildman–Crippen MR) is 90.7 cm³/mol. The summed E-state index contributed by atoms with van der Waals surface area (Å²) >= 11 is 9.23. The summed E-state index contributed by atoms with van der Waals surface area (Å²) in [6, 6.07) is 11.0. The van der Waals surface area contributed by atoms with Crippen molar-refractivity contribution in [1.29, 1.82) is 0 Å². The first-order chi connectivity index (χ1) is 10.3. The Bertz CT molecular complexity index is 825. The quantitative estimate of drug-likeness (QED) is 0.814. The molecule has 2 rings (SSSR count). The highest BCUT2D eigenvalue weighted by molar-refractivity contribution is 9.10. The number of carbonyl (C=O) groups is 1. The smallest absolute Gasteiger partial charge is 0.263 e. The Hall–Kier alpha value is -1.57. The molecule has 0 atom stereocenters. The average molecular weight is 404 g/mol. The lowest BCUT2D eigenvalue weighted by Crippen LogP contribution is -2.13. The van der Waals surface area contributed by atoms with Crippen molar-refractivity contribution < 1.29 is 13.2 Å². The Morgan fingerprint density at radius 3 is 2.45 bits per heavy atom. The Labute approximate surface area is 141 Å². The van der Waals surface area contributed by atoms with Gasteiger partial charge < -0.3 is 5.32 Å². The normalized spacial score (nSPS) is 11.0. The monoisotopic (exact) mass is 402 g/mol. The van der Waals surface area contributed by atoms with Crippen molar-refractivity contribution in [1.82, 2.24) is 0 Å². The molecule has 8 heteroatoms. The molecule has 0 aromatic heterocycles. The Kier molecular flexibility index (Phi) is 5.10. The third-order valence-corrected chi connectivity index (χ3v) is 5.36. The lowest BCUT2D eigenvalue weighted by Gasteiger charge is -2.11. The summed E-state index contributed by atoms with van der Waals surface area (Å²) < 4.78 is 27.6. The molecule has 2 aromatic carbocycles. The number of hydrogen-bond acceptors (Lipinski definition) is 3. The van der Waals surface area contributed by atoms with Gasteiger partial charge in [-0.15, -0.1) is 0 Å². The number of halogens is 2. The van der Waals surface area contributed by atoms with Gasteiger partial charge in [-0.1, -0.05) is 23.7 Å². The molecule has 0 bridgehead atoms. The van der Waals surface area contributed by atoms with Crippen LogP contribution in [0.15, 0.2) is 51.8 Å². The molecule has 0 aliphatic carbocycles. The molecule has 0 saturated heterocycles. The van der Waals surface area contributed by atoms with Crippen molar-refractivity contribution in [2.75, 3.05) is 10.0 Å². The second kappa shape index (κ2) is 6.68. The first kappa shape index (κ1) is 16.8. The minimum absolute atomic E-state index is 0.122. The molecule has 0 heterocycles. The molecule has 2 aromatic rings. The number of benzene rings is 2. The van der Waals surface area contributed by atoms with E-state index in [4.69, 9.17) is 11.6 Å². The van der Waals surface area contributed by atoms with Crippen LogP contribution in [0.1, 0.15) is 6.92 Å². The predicted octanol–water partition coefficient (Wildman–Crippen LogP) is 3.86. The van der Waals surface area contributed by atoms with Crippen LogP contribution < -0.4 is 10.0 Å². The first-order valence-electron chi connectivity index (χ1n) is 6.14. The largest absolute Gasteiger partial charge is 0.325 e. The van der Waals surface area contributed by atoms with E-state index >= 15 is 0 Å². The highest BCUT2D eigenvalue weighted by Gasteiger charge is 2.17. The number of nitrogens with one attached hydrogen (secondary N) is 2. The molecular formula is C14H12BrClN2O3S. The van der Waals surface area contributed by atoms with Crippen molar-refractivity contribution in [3.05, 3.63) is 52.0 Å². The zero-order valence-corrected chi connectivity index (χ0v) is 14.6. The van der Waals surface area contributed by atoms with Crippen LogP contribution in [-0.2, 0) is 14.8 Å². The molecule has 0 aliphatic heterocycles. The minimum atomic E-state index is -3.74. The van der Waals surface area contributed by atoms with Gasteiger partial charge in [0.2, 0.25) is 5.91 Å². The van der Waals surface area contributed by atoms with E-state index in [-0.39, 0.29) is 15.8 Å². The molecule has 2 N–H and O–H groups in total. The van der Waals surface area contributed by atoms with E-state index in [1.165, 1.54) is 31.2 Å². The molecule has 0 fully saturated rings. The van der Waals surface area contributed by atoms with Crippen molar-refractivity contribution in [2.45, 2.75) is 11.8 Å². The molecule has 1 amide bonds. The van der Waals surface area contributed by atoms with Gasteiger partial charge in [0.25, 0.3) is 10.0 Å². The van der Waals surface area contributed by atoms with Gasteiger partial charge in [-0.25, -0.2) is 8.42 Å². The summed E-state index contributed by atoms with van der Waals surface area (Å²) in [5, 5.41) is 2.79. The van der Waals surface area contributed by atoms with Crippen LogP contribution in [0.3, 0.4) is 0 Å². The van der Waals surface area contributed by atoms with E-state index in [0.717, 1.165) is 0 Å². The summed E-state index contributed by atoms with van der Waals surface area (Å²) in [5.74, 6) is -0.261. The van der Waals surface area contributed by atoms with Crippen LogP contribution in [0.4, 0.5) is 11.4 Å². The van der Waals surface area contributed by atoms with Gasteiger partial charge >= 0.3 is 0 Å². The first-order valence-corrected chi connectivity index (χ1v) is 8.79. The lowest BCUT2D eigenvalue weighted by atomic mass is 10.3. The Balaban J connectivity index is 2.29. The number of rotatable bonds is 4. The van der Waals surface area contributed by atoms with Gasteiger partial charge in [-0.2, -0.15) is 0 Å². The zero-order valence-electron chi connectivity index (χ0n) is 11.4. The SMILES string of the molecule is CC(=O)Nc1ccc(NS(=O)(=O)c2ccccc2Br)cc1Cl. The standard InChI is InChI=1S/C14H12BrClN2O3S/c1-9(19)17-13-7-6-10(8-12(13)16)18-22(20,21)14-5-3-2-4-11(14)15/h2-8,18H,1H3,(H,17,19). The van der Waals surface area contributed by atoms with Crippen LogP contribution >= 0.6 is 27.5 Å². The average Bonchev–Trinajstić information content (AvgIpc) is 2.41. The third-order valence-electron chi connectivity index (χ3n) is 2.66. The minimum Gasteiger partial charge on any atom is -0.325 e. The van der Waals surface area contributed by atoms with Crippen LogP contribution in [0.5, 0.6) is 0 Å². The molecule has 22 heavy (non-hydrogen) atoms. The Morgan fingerprint density at radius 2 is 1.86 bits per heavy atom. The molecule has 116 valence electrons. The number of sulfonamides is 1. The maximum absolute atomic E-state index is 12.3. The van der Waals surface area contributed by atoms with Gasteiger partial charge in [0.15, 0.2) is 0 Å². The Morgan fingerprint density at radius 1 is 1.18 bits per heavy atom. The molecule has 5 nitrogen and oxygen atoms in total. The topological polar surface area (TPSA) is 75.3 Å². The van der Waals surface area contributed by atoms with Crippen LogP contribution in [0.25, 0.3) is 0 Å². The molecule has 0 radical (unpaired) electrons. The third kappa shape index (κ3) is 4.00. The summed E-state index contributed by atoms with van der Waals surface area (Å²) in [4.78, 5) is 11.1. The maximum atomic E-state index is 12.3. The second-order valence-electron chi connectivity index (χ2n) is 4.41. The fourth-order valence-corrected chi connectivity index (χ4v) is 4.02. The van der Waals surface area contributed by atoms with Gasteiger partial charge in [0, 0.05) is 11.4 Å². The van der Waals surface area contributed by atoms with Crippen molar-refractivity contribution in [3.8, 4) is 0 Å². The fourth-order valence-electron chi connectivity index (χ4n) is 1.74. The van der Waals surface area contributed by atoms with Gasteiger partial charge in [0.05, 0.1) is 16.4 Å². The molecule has 0 aliphatic rings. The van der Waals surface area contributed by atoms with Crippen molar-refractivity contribution in [3.63, 3.8) is 0 Å². The van der Waals surface area contributed by atoms with Crippen LogP contribution in [-0.4, -0.2) is 14.3 Å². The zero-order chi connectivity index (χ0) is 16.3. The van der Waals surface area contributed by atoms with Gasteiger partial charge in [-0.3, -0.25) is 9.52 Å². The molecular weight excluding hydrogens is 392 g/mol. The van der Waals surface area contributed by atoms with E-state index in [1.54, 1.807) is 18.2 Å². The summed E-state index contributed by atoms with van der Waals surface area (Å²) in [6.07, 6.45) is 0. The number of anilines is 2. The lowest BCUT2D eigenvalue weighted by molar-refractivity contribution is -0.114. The van der Waals surface area contributed by atoms with Crippen LogP contribution in [0.2, 0.25) is 5.02 Å². The van der Waals surface area contributed by atoms with E-state index in [9.17, 15) is 13.2 Å². The van der Waals surface area contributed by atoms with Crippen molar-refractivity contribution >= 4 is 54.8 Å². The van der Waals surface area contributed by atoms with E-state index < -0.39 is 10.0 Å². The molecule has 0 saturated carbocycles. The maximum Gasteiger partial charge on any atom is 0.263 e. The second-order valence-corrected chi connectivity index (χ2v) is 7.32. The summed E-state index contributed by atoms with van der Waals surface area (Å²) in [6.45, 7) is 1.36. The molecule has 0 unspecified atom stereocenters. The van der Waals surface area contributed by atoms with E-state index in [2.05, 4.69) is 26.0 Å². The molecule has 0 spiro atoms. The van der Waals surface area contributed by atoms with E-state index in [1.807, 2.05) is 0 Å². The van der Waals surface area contributed by atoms with Crippen molar-refractivity contribution in [2.24, 2.45) is 0 Å². The highest BCUT2D eigenvalue weighted by Crippen LogP contribution is 2.28. The van der Waals surface area contributed by atoms with Crippen LogP contribution in [0, 0.1) is 0 Å². The number of carbonyl (C=O) groups excluding carboxylic acids is 1. The fraction of sp³-hybridized carbons (Fsp3) is 0.0714. The van der Waals surface area contributed by atoms with E-state index in [0.29, 0.717) is 15.8 Å². The summed E-state index contributed by atoms with van der Waals surface area (Å²) in [7, 11) is -3.74. The number of hydrogen-bond donors (Lipinski definition) is 2. The van der Waals surface area contributed by atoms with Gasteiger partial charge in [0.1, 0.15) is 4.90 Å². The highest BCUT2D eigenvalue weighted by atomic mass is 79.9. The number of amides is 1. The van der Waals surface area contributed by atoms with Gasteiger partial charge in [-0.05, 0) is 46.3 Å².